The van der Waals surface area contributed by atoms with Gasteiger partial charge in [0.1, 0.15) is 6.10 Å². The molecule has 130 valence electrons. The molecule has 0 spiro atoms. The van der Waals surface area contributed by atoms with Crippen LogP contribution < -0.4 is 0 Å². The summed E-state index contributed by atoms with van der Waals surface area (Å²) in [6.45, 7) is 2.42. The van der Waals surface area contributed by atoms with E-state index in [0.717, 1.165) is 38.0 Å². The average molecular weight is 340 g/mol. The lowest BCUT2D eigenvalue weighted by molar-refractivity contribution is -0.384. The van der Waals surface area contributed by atoms with Crippen molar-refractivity contribution in [1.29, 1.82) is 0 Å². The van der Waals surface area contributed by atoms with E-state index in [0.29, 0.717) is 5.56 Å². The summed E-state index contributed by atoms with van der Waals surface area (Å²) < 4.78 is 5.58. The Bertz CT molecular complexity index is 723. The molecule has 0 aromatic heterocycles. The number of likely N-dealkylation sites (tertiary alicyclic amines) is 1. The van der Waals surface area contributed by atoms with Crippen LogP contribution in [0.25, 0.3) is 0 Å². The van der Waals surface area contributed by atoms with Crippen molar-refractivity contribution in [3.05, 3.63) is 75.8 Å². The summed E-state index contributed by atoms with van der Waals surface area (Å²) in [5.74, 6) is -0.269. The van der Waals surface area contributed by atoms with Crippen molar-refractivity contribution in [2.45, 2.75) is 25.5 Å². The highest BCUT2D eigenvalue weighted by Gasteiger charge is 2.23. The molecule has 2 aromatic rings. The van der Waals surface area contributed by atoms with E-state index in [1.54, 1.807) is 24.3 Å². The lowest BCUT2D eigenvalue weighted by Crippen LogP contribution is -2.37. The van der Waals surface area contributed by atoms with E-state index in [-0.39, 0.29) is 17.8 Å². The molecule has 0 radical (unpaired) electrons. The van der Waals surface area contributed by atoms with Crippen molar-refractivity contribution in [3.8, 4) is 0 Å². The smallest absolute Gasteiger partial charge is 0.338 e. The number of carbonyl (C=O) groups excluding carboxylic acids is 1. The molecule has 0 saturated carbocycles. The van der Waals surface area contributed by atoms with Crippen molar-refractivity contribution in [2.75, 3.05) is 13.1 Å². The number of nitrogens with zero attached hydrogens (tertiary/aromatic N) is 2. The van der Waals surface area contributed by atoms with Crippen LogP contribution in [0, 0.1) is 10.1 Å². The SMILES string of the molecule is O=C(OC1CCN(Cc2ccc([N+](=O)[O-])cc2)CC1)c1ccccc1. The van der Waals surface area contributed by atoms with Crippen LogP contribution in [-0.2, 0) is 11.3 Å². The Morgan fingerprint density at radius 2 is 1.72 bits per heavy atom. The predicted octanol–water partition coefficient (Wildman–Crippen LogP) is 3.42. The Morgan fingerprint density at radius 1 is 1.08 bits per heavy atom. The van der Waals surface area contributed by atoms with Gasteiger partial charge in [-0.2, -0.15) is 0 Å². The Kier molecular flexibility index (Phi) is 5.40. The molecule has 0 unspecified atom stereocenters. The van der Waals surface area contributed by atoms with E-state index in [2.05, 4.69) is 4.90 Å². The summed E-state index contributed by atoms with van der Waals surface area (Å²) in [6, 6.07) is 15.7. The standard InChI is InChI=1S/C19H20N2O4/c22-19(16-4-2-1-3-5-16)25-18-10-12-20(13-11-18)14-15-6-8-17(9-7-15)21(23)24/h1-9,18H,10-14H2. The molecular formula is C19H20N2O4. The number of non-ortho nitro benzene ring substituents is 1. The van der Waals surface area contributed by atoms with Gasteiger partial charge in [-0.25, -0.2) is 4.79 Å². The molecule has 0 bridgehead atoms. The van der Waals surface area contributed by atoms with E-state index >= 15 is 0 Å². The summed E-state index contributed by atoms with van der Waals surface area (Å²) in [5.41, 5.74) is 1.73. The molecule has 0 amide bonds. The summed E-state index contributed by atoms with van der Waals surface area (Å²) in [5, 5.41) is 10.7. The largest absolute Gasteiger partial charge is 0.459 e. The molecule has 1 aliphatic rings. The Labute approximate surface area is 146 Å². The number of nitro groups is 1. The van der Waals surface area contributed by atoms with Gasteiger partial charge in [0, 0.05) is 31.8 Å². The quantitative estimate of drug-likeness (QED) is 0.474. The van der Waals surface area contributed by atoms with Crippen LogP contribution in [-0.4, -0.2) is 35.0 Å². The van der Waals surface area contributed by atoms with Crippen molar-refractivity contribution >= 4 is 11.7 Å². The van der Waals surface area contributed by atoms with E-state index in [1.807, 2.05) is 18.2 Å². The van der Waals surface area contributed by atoms with Gasteiger partial charge in [0.2, 0.25) is 0 Å². The topological polar surface area (TPSA) is 72.7 Å². The summed E-state index contributed by atoms with van der Waals surface area (Å²) in [7, 11) is 0. The average Bonchev–Trinajstić information content (AvgIpc) is 2.64. The molecule has 1 heterocycles. The van der Waals surface area contributed by atoms with Gasteiger partial charge in [-0.1, -0.05) is 30.3 Å². The van der Waals surface area contributed by atoms with E-state index in [9.17, 15) is 14.9 Å². The van der Waals surface area contributed by atoms with Crippen molar-refractivity contribution in [2.24, 2.45) is 0 Å². The third-order valence-corrected chi connectivity index (χ3v) is 4.37. The Hall–Kier alpha value is -2.73. The van der Waals surface area contributed by atoms with Gasteiger partial charge in [-0.3, -0.25) is 15.0 Å². The molecule has 1 fully saturated rings. The molecular weight excluding hydrogens is 320 g/mol. The first-order chi connectivity index (χ1) is 12.1. The molecule has 6 heteroatoms. The maximum Gasteiger partial charge on any atom is 0.338 e. The predicted molar refractivity (Wildman–Crippen MR) is 93.3 cm³/mol. The number of carbonyl (C=O) groups is 1. The van der Waals surface area contributed by atoms with E-state index < -0.39 is 4.92 Å². The zero-order valence-corrected chi connectivity index (χ0v) is 13.8. The van der Waals surface area contributed by atoms with Crippen molar-refractivity contribution in [3.63, 3.8) is 0 Å². The number of esters is 1. The normalized spacial score (nSPS) is 15.7. The minimum Gasteiger partial charge on any atom is -0.459 e. The third-order valence-electron chi connectivity index (χ3n) is 4.37. The summed E-state index contributed by atoms with van der Waals surface area (Å²) >= 11 is 0. The van der Waals surface area contributed by atoms with Gasteiger partial charge >= 0.3 is 5.97 Å². The maximum absolute atomic E-state index is 12.1. The monoisotopic (exact) mass is 340 g/mol. The second kappa shape index (κ2) is 7.90. The Balaban J connectivity index is 1.47. The van der Waals surface area contributed by atoms with Gasteiger partial charge < -0.3 is 4.74 Å². The fourth-order valence-corrected chi connectivity index (χ4v) is 2.96. The van der Waals surface area contributed by atoms with Crippen LogP contribution in [0.2, 0.25) is 0 Å². The van der Waals surface area contributed by atoms with Gasteiger partial charge in [0.05, 0.1) is 10.5 Å². The maximum atomic E-state index is 12.1. The molecule has 2 aromatic carbocycles. The molecule has 0 N–H and O–H groups in total. The highest BCUT2D eigenvalue weighted by Crippen LogP contribution is 2.19. The number of nitro benzene ring substituents is 1. The number of ether oxygens (including phenoxy) is 1. The first-order valence-corrected chi connectivity index (χ1v) is 8.33. The van der Waals surface area contributed by atoms with Gasteiger partial charge in [0.15, 0.2) is 0 Å². The third kappa shape index (κ3) is 4.64. The fraction of sp³-hybridized carbons (Fsp3) is 0.316. The first-order valence-electron chi connectivity index (χ1n) is 8.33. The highest BCUT2D eigenvalue weighted by atomic mass is 16.6. The van der Waals surface area contributed by atoms with E-state index in [4.69, 9.17) is 4.74 Å². The second-order valence-electron chi connectivity index (χ2n) is 6.17. The number of rotatable bonds is 5. The first kappa shape index (κ1) is 17.1. The molecule has 25 heavy (non-hydrogen) atoms. The van der Waals surface area contributed by atoms with Crippen LogP contribution in [0.4, 0.5) is 5.69 Å². The van der Waals surface area contributed by atoms with Crippen molar-refractivity contribution < 1.29 is 14.5 Å². The second-order valence-corrected chi connectivity index (χ2v) is 6.17. The number of hydrogen-bond donors (Lipinski definition) is 0. The van der Waals surface area contributed by atoms with Crippen LogP contribution in [0.15, 0.2) is 54.6 Å². The zero-order chi connectivity index (χ0) is 17.6. The number of piperidine rings is 1. The lowest BCUT2D eigenvalue weighted by Gasteiger charge is -2.31. The van der Waals surface area contributed by atoms with Crippen LogP contribution in [0.1, 0.15) is 28.8 Å². The van der Waals surface area contributed by atoms with Crippen LogP contribution in [0.3, 0.4) is 0 Å². The minimum atomic E-state index is -0.393. The molecule has 3 rings (SSSR count). The van der Waals surface area contributed by atoms with Crippen LogP contribution >= 0.6 is 0 Å². The zero-order valence-electron chi connectivity index (χ0n) is 13.8. The molecule has 1 saturated heterocycles. The fourth-order valence-electron chi connectivity index (χ4n) is 2.96. The van der Waals surface area contributed by atoms with Gasteiger partial charge in [0.25, 0.3) is 5.69 Å². The lowest BCUT2D eigenvalue weighted by atomic mass is 10.1. The Morgan fingerprint density at radius 3 is 2.32 bits per heavy atom. The van der Waals surface area contributed by atoms with Gasteiger partial charge in [-0.05, 0) is 30.5 Å². The number of hydrogen-bond acceptors (Lipinski definition) is 5. The molecule has 0 aliphatic carbocycles. The van der Waals surface area contributed by atoms with E-state index in [1.165, 1.54) is 12.1 Å². The number of benzene rings is 2. The molecule has 1 aliphatic heterocycles. The molecule has 6 nitrogen and oxygen atoms in total. The van der Waals surface area contributed by atoms with Gasteiger partial charge in [-0.15, -0.1) is 0 Å². The molecule has 0 atom stereocenters. The van der Waals surface area contributed by atoms with Crippen LogP contribution in [0.5, 0.6) is 0 Å². The van der Waals surface area contributed by atoms with Crippen molar-refractivity contribution in [1.82, 2.24) is 4.90 Å². The summed E-state index contributed by atoms with van der Waals surface area (Å²) in [4.78, 5) is 24.6. The highest BCUT2D eigenvalue weighted by molar-refractivity contribution is 5.89. The summed E-state index contributed by atoms with van der Waals surface area (Å²) in [6.07, 6.45) is 1.54. The minimum absolute atomic E-state index is 0.0548.